The quantitative estimate of drug-likeness (QED) is 0.592. The highest BCUT2D eigenvalue weighted by Crippen LogP contribution is 2.12. The lowest BCUT2D eigenvalue weighted by Gasteiger charge is -2.06. The third kappa shape index (κ3) is 3.84. The Morgan fingerprint density at radius 1 is 1.15 bits per heavy atom. The predicted molar refractivity (Wildman–Crippen MR) is 79.0 cm³/mol. The fourth-order valence-electron chi connectivity index (χ4n) is 1.59. The highest BCUT2D eigenvalue weighted by molar-refractivity contribution is 5.91. The van der Waals surface area contributed by atoms with E-state index in [1.807, 2.05) is 31.2 Å². The van der Waals surface area contributed by atoms with Crippen molar-refractivity contribution in [1.29, 1.82) is 0 Å². The summed E-state index contributed by atoms with van der Waals surface area (Å²) in [5.41, 5.74) is 4.87. The van der Waals surface area contributed by atoms with Gasteiger partial charge in [0.05, 0.1) is 6.21 Å². The molecule has 2 amide bonds. The number of amides is 2. The van der Waals surface area contributed by atoms with Crippen LogP contribution in [-0.4, -0.2) is 17.4 Å². The number of urea groups is 1. The Bertz CT molecular complexity index is 621. The number of phenolic OH excluding ortho intramolecular Hbond substituents is 1. The normalized spacial score (nSPS) is 10.4. The molecule has 2 rings (SSSR count). The van der Waals surface area contributed by atoms with Crippen LogP contribution in [0.1, 0.15) is 11.1 Å². The number of hydrogen-bond donors (Lipinski definition) is 3. The van der Waals surface area contributed by atoms with Crippen LogP contribution in [0, 0.1) is 6.92 Å². The van der Waals surface area contributed by atoms with E-state index in [2.05, 4.69) is 15.8 Å². The maximum atomic E-state index is 11.6. The maximum Gasteiger partial charge on any atom is 0.339 e. The molecule has 2 aromatic carbocycles. The lowest BCUT2D eigenvalue weighted by atomic mass is 10.2. The number of carbonyl (C=O) groups excluding carboxylic acids is 1. The summed E-state index contributed by atoms with van der Waals surface area (Å²) in [7, 11) is 0. The van der Waals surface area contributed by atoms with Gasteiger partial charge in [-0.15, -0.1) is 0 Å². The molecule has 0 aliphatic carbocycles. The molecule has 5 heteroatoms. The lowest BCUT2D eigenvalue weighted by molar-refractivity contribution is 0.252. The zero-order valence-electron chi connectivity index (χ0n) is 11.0. The molecule has 0 unspecified atom stereocenters. The second-order valence-electron chi connectivity index (χ2n) is 4.23. The van der Waals surface area contributed by atoms with Gasteiger partial charge in [0.2, 0.25) is 0 Å². The summed E-state index contributed by atoms with van der Waals surface area (Å²) in [6, 6.07) is 13.6. The lowest BCUT2D eigenvalue weighted by Crippen LogP contribution is -2.24. The number of phenols is 1. The van der Waals surface area contributed by atoms with E-state index in [0.29, 0.717) is 0 Å². The monoisotopic (exact) mass is 269 g/mol. The summed E-state index contributed by atoms with van der Waals surface area (Å²) < 4.78 is 0. The van der Waals surface area contributed by atoms with Crippen molar-refractivity contribution in [2.75, 3.05) is 5.32 Å². The van der Waals surface area contributed by atoms with Gasteiger partial charge >= 0.3 is 6.03 Å². The molecule has 0 fully saturated rings. The number of benzene rings is 2. The summed E-state index contributed by atoms with van der Waals surface area (Å²) in [5, 5.41) is 15.7. The number of hydrazone groups is 1. The van der Waals surface area contributed by atoms with E-state index in [0.717, 1.165) is 16.8 Å². The Kier molecular flexibility index (Phi) is 4.34. The summed E-state index contributed by atoms with van der Waals surface area (Å²) in [6.45, 7) is 1.91. The minimum Gasteiger partial charge on any atom is -0.508 e. The second-order valence-corrected chi connectivity index (χ2v) is 4.23. The van der Waals surface area contributed by atoms with Gasteiger partial charge in [0.15, 0.2) is 0 Å². The molecule has 3 N–H and O–H groups in total. The number of rotatable bonds is 3. The first-order chi connectivity index (χ1) is 9.65. The van der Waals surface area contributed by atoms with Crippen LogP contribution in [0.5, 0.6) is 5.75 Å². The van der Waals surface area contributed by atoms with E-state index >= 15 is 0 Å². The molecule has 0 heterocycles. The highest BCUT2D eigenvalue weighted by atomic mass is 16.3. The molecule has 0 saturated heterocycles. The molecule has 0 spiro atoms. The number of aryl methyl sites for hydroxylation is 1. The van der Waals surface area contributed by atoms with Crippen molar-refractivity contribution in [3.63, 3.8) is 0 Å². The van der Waals surface area contributed by atoms with Crippen LogP contribution in [0.3, 0.4) is 0 Å². The molecule has 5 nitrogen and oxygen atoms in total. The standard InChI is InChI=1S/C15H15N3O2/c1-11-4-2-3-5-14(11)17-15(20)18-16-10-12-6-8-13(19)9-7-12/h2-10,19H,1H3,(H2,17,18,20)/b16-10+. The molecular formula is C15H15N3O2. The van der Waals surface area contributed by atoms with Crippen LogP contribution in [-0.2, 0) is 0 Å². The van der Waals surface area contributed by atoms with Crippen molar-refractivity contribution >= 4 is 17.9 Å². The van der Waals surface area contributed by atoms with Gasteiger partial charge in [0.1, 0.15) is 5.75 Å². The van der Waals surface area contributed by atoms with E-state index < -0.39 is 6.03 Å². The van der Waals surface area contributed by atoms with E-state index in [1.165, 1.54) is 6.21 Å². The molecule has 0 aliphatic heterocycles. The molecule has 0 radical (unpaired) electrons. The zero-order chi connectivity index (χ0) is 14.4. The Morgan fingerprint density at radius 2 is 1.85 bits per heavy atom. The number of para-hydroxylation sites is 1. The SMILES string of the molecule is Cc1ccccc1NC(=O)N/N=C/c1ccc(O)cc1. The number of nitrogens with zero attached hydrogens (tertiary/aromatic N) is 1. The predicted octanol–water partition coefficient (Wildman–Crippen LogP) is 2.86. The first-order valence-electron chi connectivity index (χ1n) is 6.10. The van der Waals surface area contributed by atoms with Crippen molar-refractivity contribution in [1.82, 2.24) is 5.43 Å². The number of aromatic hydroxyl groups is 1. The zero-order valence-corrected chi connectivity index (χ0v) is 11.0. The Morgan fingerprint density at radius 3 is 2.55 bits per heavy atom. The third-order valence-electron chi connectivity index (χ3n) is 2.67. The molecule has 0 saturated carbocycles. The topological polar surface area (TPSA) is 73.7 Å². The minimum absolute atomic E-state index is 0.187. The molecule has 20 heavy (non-hydrogen) atoms. The largest absolute Gasteiger partial charge is 0.508 e. The average molecular weight is 269 g/mol. The van der Waals surface area contributed by atoms with Gasteiger partial charge in [0.25, 0.3) is 0 Å². The van der Waals surface area contributed by atoms with Crippen LogP contribution in [0.15, 0.2) is 53.6 Å². The molecule has 0 aromatic heterocycles. The first-order valence-corrected chi connectivity index (χ1v) is 6.10. The van der Waals surface area contributed by atoms with E-state index in [1.54, 1.807) is 24.3 Å². The van der Waals surface area contributed by atoms with Gasteiger partial charge in [-0.05, 0) is 48.4 Å². The van der Waals surface area contributed by atoms with Gasteiger partial charge in [-0.25, -0.2) is 10.2 Å². The Balaban J connectivity index is 1.89. The Hall–Kier alpha value is -2.82. The number of hydrogen-bond acceptors (Lipinski definition) is 3. The molecular weight excluding hydrogens is 254 g/mol. The average Bonchev–Trinajstić information content (AvgIpc) is 2.44. The fourth-order valence-corrected chi connectivity index (χ4v) is 1.59. The van der Waals surface area contributed by atoms with E-state index in [4.69, 9.17) is 5.11 Å². The molecule has 2 aromatic rings. The van der Waals surface area contributed by atoms with Crippen LogP contribution in [0.4, 0.5) is 10.5 Å². The van der Waals surface area contributed by atoms with Crippen LogP contribution >= 0.6 is 0 Å². The fraction of sp³-hybridized carbons (Fsp3) is 0.0667. The summed E-state index contributed by atoms with van der Waals surface area (Å²) in [5.74, 6) is 0.187. The first kappa shape index (κ1) is 13.6. The van der Waals surface area contributed by atoms with E-state index in [9.17, 15) is 4.79 Å². The summed E-state index contributed by atoms with van der Waals surface area (Å²) in [4.78, 5) is 11.6. The molecule has 0 aliphatic rings. The van der Waals surface area contributed by atoms with Crippen LogP contribution in [0.2, 0.25) is 0 Å². The van der Waals surface area contributed by atoms with Gasteiger partial charge in [-0.2, -0.15) is 5.10 Å². The highest BCUT2D eigenvalue weighted by Gasteiger charge is 2.01. The Labute approximate surface area is 117 Å². The molecule has 102 valence electrons. The van der Waals surface area contributed by atoms with E-state index in [-0.39, 0.29) is 5.75 Å². The van der Waals surface area contributed by atoms with Gasteiger partial charge < -0.3 is 10.4 Å². The van der Waals surface area contributed by atoms with Crippen molar-refractivity contribution in [2.45, 2.75) is 6.92 Å². The minimum atomic E-state index is -0.408. The molecule has 0 atom stereocenters. The molecule has 0 bridgehead atoms. The summed E-state index contributed by atoms with van der Waals surface area (Å²) in [6.07, 6.45) is 1.50. The van der Waals surface area contributed by atoms with Crippen molar-refractivity contribution in [2.24, 2.45) is 5.10 Å². The van der Waals surface area contributed by atoms with Crippen LogP contribution in [0.25, 0.3) is 0 Å². The summed E-state index contributed by atoms with van der Waals surface area (Å²) >= 11 is 0. The van der Waals surface area contributed by atoms with Gasteiger partial charge in [0, 0.05) is 5.69 Å². The van der Waals surface area contributed by atoms with Crippen LogP contribution < -0.4 is 10.7 Å². The number of anilines is 1. The van der Waals surface area contributed by atoms with Crippen molar-refractivity contribution in [3.05, 3.63) is 59.7 Å². The van der Waals surface area contributed by atoms with Gasteiger partial charge in [-0.1, -0.05) is 18.2 Å². The van der Waals surface area contributed by atoms with Crippen molar-refractivity contribution in [3.8, 4) is 5.75 Å². The third-order valence-corrected chi connectivity index (χ3v) is 2.67. The smallest absolute Gasteiger partial charge is 0.339 e. The second kappa shape index (κ2) is 6.38. The maximum absolute atomic E-state index is 11.6. The number of nitrogens with one attached hydrogen (secondary N) is 2. The van der Waals surface area contributed by atoms with Crippen molar-refractivity contribution < 1.29 is 9.90 Å². The van der Waals surface area contributed by atoms with Gasteiger partial charge in [-0.3, -0.25) is 0 Å². The number of carbonyl (C=O) groups is 1.